The van der Waals surface area contributed by atoms with Gasteiger partial charge in [-0.2, -0.15) is 0 Å². The molecule has 1 unspecified atom stereocenters. The first-order valence-corrected chi connectivity index (χ1v) is 9.66. The van der Waals surface area contributed by atoms with Crippen molar-refractivity contribution in [2.75, 3.05) is 6.26 Å². The van der Waals surface area contributed by atoms with Crippen LogP contribution in [-0.2, 0) is 27.6 Å². The molecule has 1 aromatic rings. The van der Waals surface area contributed by atoms with Crippen LogP contribution in [0.4, 0.5) is 0 Å². The Bertz CT molecular complexity index is 433. The molecule has 0 aliphatic heterocycles. The molecule has 14 heavy (non-hydrogen) atoms. The third-order valence-corrected chi connectivity index (χ3v) is 11.2. The smallest absolute Gasteiger partial charge is 0.211 e. The normalized spacial score (nSPS) is 13.9. The molecule has 0 bridgehead atoms. The second-order valence-corrected chi connectivity index (χ2v) is 12.0. The highest BCUT2D eigenvalue weighted by Crippen LogP contribution is 2.21. The van der Waals surface area contributed by atoms with E-state index in [1.54, 1.807) is 30.5 Å². The first-order chi connectivity index (χ1) is 6.48. The van der Waals surface area contributed by atoms with Crippen LogP contribution < -0.4 is 0 Å². The average molecular weight is 266 g/mol. The van der Waals surface area contributed by atoms with Crippen LogP contribution >= 0.6 is 10.8 Å². The van der Waals surface area contributed by atoms with Gasteiger partial charge in [-0.15, -0.1) is 0 Å². The second-order valence-electron chi connectivity index (χ2n) is 2.64. The zero-order valence-corrected chi connectivity index (χ0v) is 11.0. The Hall–Kier alpha value is 0.0900. The maximum absolute atomic E-state index is 11.8. The van der Waals surface area contributed by atoms with Crippen molar-refractivity contribution >= 4 is 38.4 Å². The lowest BCUT2D eigenvalue weighted by molar-refractivity contribution is 0.610. The van der Waals surface area contributed by atoms with E-state index in [-0.39, 0.29) is 0 Å². The highest BCUT2D eigenvalue weighted by Gasteiger charge is 2.18. The lowest BCUT2D eigenvalue weighted by Gasteiger charge is -2.04. The summed E-state index contributed by atoms with van der Waals surface area (Å²) in [5.41, 5.74) is 1.04. The number of hydrogen-bond donors (Lipinski definition) is 0. The molecule has 0 N–H and O–H groups in total. The highest BCUT2D eigenvalue weighted by atomic mass is 33.7. The zero-order valence-electron chi connectivity index (χ0n) is 7.76. The summed E-state index contributed by atoms with van der Waals surface area (Å²) >= 11 is 4.89. The summed E-state index contributed by atoms with van der Waals surface area (Å²) in [6.07, 6.45) is 1.71. The standard InChI is InChI=1S/C8H10O2S4/c1-7-3-5-8(6-4-7)14(9,10)13(11)12-2/h3-6H,1-2H3. The van der Waals surface area contributed by atoms with E-state index >= 15 is 0 Å². The monoisotopic (exact) mass is 266 g/mol. The fourth-order valence-electron chi connectivity index (χ4n) is 0.873. The van der Waals surface area contributed by atoms with Gasteiger partial charge >= 0.3 is 0 Å². The molecular formula is C8H10O2S4. The van der Waals surface area contributed by atoms with Crippen LogP contribution in [-0.4, -0.2) is 14.7 Å². The van der Waals surface area contributed by atoms with E-state index in [4.69, 9.17) is 11.2 Å². The minimum atomic E-state index is -3.30. The number of hydrogen-bond acceptors (Lipinski definition) is 4. The Kier molecular flexibility index (Phi) is 4.12. The van der Waals surface area contributed by atoms with Crippen LogP contribution in [0.5, 0.6) is 0 Å². The predicted octanol–water partition coefficient (Wildman–Crippen LogP) is 2.04. The average Bonchev–Trinajstić information content (AvgIpc) is 2.17. The van der Waals surface area contributed by atoms with Gasteiger partial charge in [0, 0.05) is 0 Å². The predicted molar refractivity (Wildman–Crippen MR) is 66.6 cm³/mol. The van der Waals surface area contributed by atoms with E-state index in [0.717, 1.165) is 5.56 Å². The number of rotatable bonds is 3. The summed E-state index contributed by atoms with van der Waals surface area (Å²) < 4.78 is 23.5. The van der Waals surface area contributed by atoms with Crippen molar-refractivity contribution in [2.45, 2.75) is 11.8 Å². The van der Waals surface area contributed by atoms with E-state index in [1.807, 2.05) is 6.92 Å². The molecule has 1 rings (SSSR count). The second kappa shape index (κ2) is 4.74. The van der Waals surface area contributed by atoms with Crippen LogP contribution in [0.15, 0.2) is 29.2 Å². The molecule has 2 nitrogen and oxygen atoms in total. The van der Waals surface area contributed by atoms with Crippen LogP contribution in [0.3, 0.4) is 0 Å². The molecule has 0 aliphatic carbocycles. The first-order valence-electron chi connectivity index (χ1n) is 3.77. The molecule has 0 saturated heterocycles. The molecule has 0 saturated carbocycles. The van der Waals surface area contributed by atoms with Gasteiger partial charge in [0.25, 0.3) is 0 Å². The Morgan fingerprint density at radius 1 is 1.29 bits per heavy atom. The van der Waals surface area contributed by atoms with Gasteiger partial charge in [0.05, 0.1) is 12.4 Å². The van der Waals surface area contributed by atoms with Crippen LogP contribution in [0.2, 0.25) is 0 Å². The van der Waals surface area contributed by atoms with Crippen LogP contribution in [0, 0.1) is 6.92 Å². The van der Waals surface area contributed by atoms with E-state index < -0.39 is 16.4 Å². The summed E-state index contributed by atoms with van der Waals surface area (Å²) in [6.45, 7) is 1.92. The van der Waals surface area contributed by atoms with Gasteiger partial charge in [-0.3, -0.25) is 0 Å². The summed E-state index contributed by atoms with van der Waals surface area (Å²) in [7, 11) is -3.19. The fraction of sp³-hybridized carbons (Fsp3) is 0.250. The molecule has 1 aromatic carbocycles. The van der Waals surface area contributed by atoms with Gasteiger partial charge in [-0.05, 0) is 36.5 Å². The Morgan fingerprint density at radius 2 is 1.79 bits per heavy atom. The third kappa shape index (κ3) is 2.56. The first kappa shape index (κ1) is 12.2. The number of aryl methyl sites for hydroxylation is 1. The van der Waals surface area contributed by atoms with Crippen molar-refractivity contribution in [3.8, 4) is 0 Å². The van der Waals surface area contributed by atoms with Crippen molar-refractivity contribution in [1.82, 2.24) is 0 Å². The Morgan fingerprint density at radius 3 is 2.21 bits per heavy atom. The molecule has 0 fully saturated rings. The molecule has 1 atom stereocenters. The summed E-state index contributed by atoms with van der Waals surface area (Å²) in [5, 5.41) is 0. The maximum Gasteiger partial charge on any atom is 0.242 e. The van der Waals surface area contributed by atoms with Crippen molar-refractivity contribution < 1.29 is 8.42 Å². The third-order valence-electron chi connectivity index (χ3n) is 1.62. The van der Waals surface area contributed by atoms with Crippen LogP contribution in [0.1, 0.15) is 5.56 Å². The van der Waals surface area contributed by atoms with Crippen molar-refractivity contribution in [3.05, 3.63) is 29.8 Å². The van der Waals surface area contributed by atoms with Crippen molar-refractivity contribution in [3.63, 3.8) is 0 Å². The molecule has 0 amide bonds. The van der Waals surface area contributed by atoms with Gasteiger partial charge in [0.2, 0.25) is 8.87 Å². The van der Waals surface area contributed by atoms with Crippen LogP contribution in [0.25, 0.3) is 0 Å². The largest absolute Gasteiger partial charge is 0.242 e. The minimum Gasteiger partial charge on any atom is -0.211 e. The van der Waals surface area contributed by atoms with Crippen molar-refractivity contribution in [2.24, 2.45) is 0 Å². The quantitative estimate of drug-likeness (QED) is 0.784. The lowest BCUT2D eigenvalue weighted by Crippen LogP contribution is -2.03. The molecule has 0 spiro atoms. The highest BCUT2D eigenvalue weighted by molar-refractivity contribution is 9.09. The van der Waals surface area contributed by atoms with Gasteiger partial charge < -0.3 is 0 Å². The Balaban J connectivity index is 3.18. The molecule has 0 aliphatic rings. The lowest BCUT2D eigenvalue weighted by atomic mass is 10.2. The molecule has 0 heterocycles. The van der Waals surface area contributed by atoms with E-state index in [0.29, 0.717) is 4.90 Å². The summed E-state index contributed by atoms with van der Waals surface area (Å²) in [6, 6.07) is 6.76. The molecular weight excluding hydrogens is 256 g/mol. The summed E-state index contributed by atoms with van der Waals surface area (Å²) in [5.74, 6) is 0. The van der Waals surface area contributed by atoms with Gasteiger partial charge in [0.1, 0.15) is 0 Å². The SMILES string of the molecule is CSS(=S)S(=O)(=O)c1ccc(C)cc1. The topological polar surface area (TPSA) is 34.1 Å². The summed E-state index contributed by atoms with van der Waals surface area (Å²) in [4.78, 5) is 0.316. The zero-order chi connectivity index (χ0) is 10.8. The van der Waals surface area contributed by atoms with Crippen molar-refractivity contribution in [1.29, 1.82) is 0 Å². The molecule has 6 heteroatoms. The van der Waals surface area contributed by atoms with E-state index in [9.17, 15) is 8.42 Å². The molecule has 0 aromatic heterocycles. The van der Waals surface area contributed by atoms with Gasteiger partial charge in [0.15, 0.2) is 0 Å². The van der Waals surface area contributed by atoms with Gasteiger partial charge in [-0.1, -0.05) is 28.5 Å². The maximum atomic E-state index is 11.8. The number of benzene rings is 1. The van der Waals surface area contributed by atoms with E-state index in [2.05, 4.69) is 0 Å². The molecule has 0 radical (unpaired) electrons. The van der Waals surface area contributed by atoms with E-state index in [1.165, 1.54) is 10.8 Å². The minimum absolute atomic E-state index is 0.316. The van der Waals surface area contributed by atoms with Gasteiger partial charge in [-0.25, -0.2) is 8.42 Å². The molecule has 78 valence electrons. The Labute approximate surface area is 94.4 Å². The fourth-order valence-corrected chi connectivity index (χ4v) is 6.05.